The van der Waals surface area contributed by atoms with Gasteiger partial charge in [-0.1, -0.05) is 36.1 Å². The third-order valence-corrected chi connectivity index (χ3v) is 8.49. The van der Waals surface area contributed by atoms with Gasteiger partial charge in [-0.15, -0.1) is 12.8 Å². The molecule has 0 amide bonds. The molecule has 2 nitrogen and oxygen atoms in total. The summed E-state index contributed by atoms with van der Waals surface area (Å²) >= 11 is 0. The summed E-state index contributed by atoms with van der Waals surface area (Å²) in [6.07, 6.45) is 10.5. The predicted octanol–water partition coefficient (Wildman–Crippen LogP) is 1.81. The summed E-state index contributed by atoms with van der Waals surface area (Å²) in [5.74, 6) is 5.07. The molecule has 0 saturated heterocycles. The normalized spacial score (nSPS) is 11.7. The molecule has 20 heavy (non-hydrogen) atoms. The average molecular weight is 303 g/mol. The molecule has 0 aliphatic heterocycles. The summed E-state index contributed by atoms with van der Waals surface area (Å²) in [6.45, 7) is 9.33. The van der Waals surface area contributed by atoms with Crippen LogP contribution in [0.1, 0.15) is 0 Å². The minimum Gasteiger partial charge on any atom is -0.402 e. The molecule has 0 radical (unpaired) electrons. The van der Waals surface area contributed by atoms with Crippen molar-refractivity contribution in [3.05, 3.63) is 24.3 Å². The van der Waals surface area contributed by atoms with Crippen LogP contribution in [-0.4, -0.2) is 29.8 Å². The molecule has 0 aliphatic carbocycles. The molecule has 0 N–H and O–H groups in total. The Morgan fingerprint density at radius 1 is 0.800 bits per heavy atom. The first-order valence-corrected chi connectivity index (χ1v) is 12.4. The van der Waals surface area contributed by atoms with E-state index in [4.69, 9.17) is 21.7 Å². The van der Waals surface area contributed by atoms with Crippen LogP contribution in [-0.2, 0) is 8.85 Å². The van der Waals surface area contributed by atoms with E-state index in [0.717, 1.165) is 0 Å². The summed E-state index contributed by atoms with van der Waals surface area (Å²) in [7, 11) is -3.82. The van der Waals surface area contributed by atoms with Gasteiger partial charge < -0.3 is 8.85 Å². The van der Waals surface area contributed by atoms with E-state index in [0.29, 0.717) is 13.2 Å². The fraction of sp³-hybridized carbons (Fsp3) is 0.375. The van der Waals surface area contributed by atoms with E-state index in [2.05, 4.69) is 62.3 Å². The van der Waals surface area contributed by atoms with Crippen molar-refractivity contribution in [2.75, 3.05) is 13.2 Å². The second-order valence-electron chi connectivity index (χ2n) is 5.58. The van der Waals surface area contributed by atoms with E-state index in [-0.39, 0.29) is 0 Å². The largest absolute Gasteiger partial charge is 0.402 e. The second kappa shape index (κ2) is 6.92. The first kappa shape index (κ1) is 16.7. The van der Waals surface area contributed by atoms with Gasteiger partial charge in [0, 0.05) is 0 Å². The van der Waals surface area contributed by atoms with E-state index < -0.39 is 16.6 Å². The summed E-state index contributed by atoms with van der Waals surface area (Å²) < 4.78 is 11.6. The molecule has 106 valence electrons. The molecule has 1 rings (SSSR count). The Balaban J connectivity index is 2.89. The highest BCUT2D eigenvalue weighted by atomic mass is 28.4. The molecule has 0 spiro atoms. The molecule has 4 heteroatoms. The third kappa shape index (κ3) is 4.36. The zero-order valence-corrected chi connectivity index (χ0v) is 14.7. The van der Waals surface area contributed by atoms with Gasteiger partial charge >= 0.3 is 0 Å². The molecular formula is C16H22O2Si2. The smallest absolute Gasteiger partial charge is 0.219 e. The van der Waals surface area contributed by atoms with Crippen LogP contribution in [0.5, 0.6) is 0 Å². The van der Waals surface area contributed by atoms with Gasteiger partial charge in [0.25, 0.3) is 0 Å². The second-order valence-corrected chi connectivity index (χ2v) is 13.4. The maximum Gasteiger partial charge on any atom is 0.219 e. The van der Waals surface area contributed by atoms with Crippen LogP contribution < -0.4 is 10.4 Å². The van der Waals surface area contributed by atoms with Crippen LogP contribution in [0.4, 0.5) is 0 Å². The van der Waals surface area contributed by atoms with E-state index in [1.54, 1.807) is 0 Å². The van der Waals surface area contributed by atoms with Gasteiger partial charge in [-0.2, -0.15) is 0 Å². The Morgan fingerprint density at radius 2 is 1.10 bits per heavy atom. The number of hydrogen-bond acceptors (Lipinski definition) is 2. The van der Waals surface area contributed by atoms with Crippen LogP contribution in [0.15, 0.2) is 24.3 Å². The standard InChI is InChI=1S/C16H22O2Si2/c1-7-13-17-19(3,4)15-9-11-16(12-10-15)20(5,6)18-14-8-2/h1-2,9-12H,13-14H2,3-6H3. The molecule has 0 fully saturated rings. The van der Waals surface area contributed by atoms with Crippen molar-refractivity contribution in [3.8, 4) is 24.7 Å². The average Bonchev–Trinajstić information content (AvgIpc) is 2.43. The maximum absolute atomic E-state index is 5.81. The van der Waals surface area contributed by atoms with Gasteiger partial charge in [-0.3, -0.25) is 0 Å². The van der Waals surface area contributed by atoms with Crippen LogP contribution in [0.2, 0.25) is 26.2 Å². The van der Waals surface area contributed by atoms with Gasteiger partial charge in [0.05, 0.1) is 13.2 Å². The quantitative estimate of drug-likeness (QED) is 0.589. The van der Waals surface area contributed by atoms with Crippen molar-refractivity contribution < 1.29 is 8.85 Å². The first-order valence-electron chi connectivity index (χ1n) is 6.59. The molecule has 0 aromatic heterocycles. The lowest BCUT2D eigenvalue weighted by Crippen LogP contribution is -2.48. The highest BCUT2D eigenvalue weighted by Crippen LogP contribution is 2.08. The number of benzene rings is 1. The topological polar surface area (TPSA) is 18.5 Å². The number of hydrogen-bond donors (Lipinski definition) is 0. The Hall–Kier alpha value is -1.31. The SMILES string of the molecule is C#CCO[Si](C)(C)c1ccc([Si](C)(C)OCC#C)cc1. The number of terminal acetylenes is 2. The molecular weight excluding hydrogens is 280 g/mol. The Morgan fingerprint density at radius 3 is 1.35 bits per heavy atom. The predicted molar refractivity (Wildman–Crippen MR) is 90.2 cm³/mol. The van der Waals surface area contributed by atoms with Crippen molar-refractivity contribution in [1.82, 2.24) is 0 Å². The van der Waals surface area contributed by atoms with E-state index in [1.165, 1.54) is 10.4 Å². The molecule has 0 aliphatic rings. The van der Waals surface area contributed by atoms with Crippen molar-refractivity contribution in [1.29, 1.82) is 0 Å². The molecule has 0 atom stereocenters. The highest BCUT2D eigenvalue weighted by molar-refractivity contribution is 6.86. The maximum atomic E-state index is 5.81. The summed E-state index contributed by atoms with van der Waals surface area (Å²) in [5.41, 5.74) is 0. The zero-order valence-electron chi connectivity index (χ0n) is 12.7. The van der Waals surface area contributed by atoms with Crippen LogP contribution in [0, 0.1) is 24.7 Å². The minimum atomic E-state index is -1.91. The van der Waals surface area contributed by atoms with E-state index in [9.17, 15) is 0 Å². The zero-order chi connectivity index (χ0) is 15.2. The van der Waals surface area contributed by atoms with Crippen molar-refractivity contribution >= 4 is 27.0 Å². The van der Waals surface area contributed by atoms with Crippen molar-refractivity contribution in [2.45, 2.75) is 26.2 Å². The lowest BCUT2D eigenvalue weighted by Gasteiger charge is -2.25. The van der Waals surface area contributed by atoms with E-state index >= 15 is 0 Å². The van der Waals surface area contributed by atoms with Gasteiger partial charge in [0.2, 0.25) is 16.6 Å². The van der Waals surface area contributed by atoms with Crippen LogP contribution in [0.25, 0.3) is 0 Å². The Labute approximate surface area is 124 Å². The molecule has 0 bridgehead atoms. The van der Waals surface area contributed by atoms with Gasteiger partial charge in [0.15, 0.2) is 0 Å². The van der Waals surface area contributed by atoms with Crippen LogP contribution >= 0.6 is 0 Å². The Bertz CT molecular complexity index is 470. The van der Waals surface area contributed by atoms with Gasteiger partial charge in [0.1, 0.15) is 0 Å². The minimum absolute atomic E-state index is 0.368. The third-order valence-electron chi connectivity index (χ3n) is 3.31. The molecule has 0 saturated carbocycles. The highest BCUT2D eigenvalue weighted by Gasteiger charge is 2.28. The number of rotatable bonds is 6. The van der Waals surface area contributed by atoms with Gasteiger partial charge in [-0.25, -0.2) is 0 Å². The Kier molecular flexibility index (Phi) is 5.79. The van der Waals surface area contributed by atoms with Crippen LogP contribution in [0.3, 0.4) is 0 Å². The molecule has 1 aromatic carbocycles. The van der Waals surface area contributed by atoms with Gasteiger partial charge in [-0.05, 0) is 36.6 Å². The first-order chi connectivity index (χ1) is 9.33. The monoisotopic (exact) mass is 302 g/mol. The molecule has 0 heterocycles. The molecule has 0 unspecified atom stereocenters. The van der Waals surface area contributed by atoms with E-state index in [1.807, 2.05) is 0 Å². The summed E-state index contributed by atoms with van der Waals surface area (Å²) in [6, 6.07) is 8.52. The fourth-order valence-corrected chi connectivity index (χ4v) is 5.04. The summed E-state index contributed by atoms with van der Waals surface area (Å²) in [4.78, 5) is 0. The lowest BCUT2D eigenvalue weighted by molar-refractivity contribution is 0.369. The fourth-order valence-electron chi connectivity index (χ4n) is 1.88. The summed E-state index contributed by atoms with van der Waals surface area (Å²) in [5, 5.41) is 2.47. The van der Waals surface area contributed by atoms with Crippen molar-refractivity contribution in [2.24, 2.45) is 0 Å². The molecule has 1 aromatic rings. The van der Waals surface area contributed by atoms with Crippen molar-refractivity contribution in [3.63, 3.8) is 0 Å². The lowest BCUT2D eigenvalue weighted by atomic mass is 10.4.